The quantitative estimate of drug-likeness (QED) is 0.544. The average Bonchev–Trinajstić information content (AvgIpc) is 2.98. The molecule has 0 amide bonds. The number of aromatic amines is 1. The number of fused-ring (bicyclic) bond motifs is 3. The average molecular weight is 358 g/mol. The van der Waals surface area contributed by atoms with E-state index in [-0.39, 0.29) is 5.56 Å². The molecule has 0 radical (unpaired) electrons. The van der Waals surface area contributed by atoms with Crippen LogP contribution in [0.1, 0.15) is 12.5 Å². The molecule has 0 atom stereocenters. The van der Waals surface area contributed by atoms with E-state index in [1.165, 1.54) is 16.8 Å². The number of nitrogens with zero attached hydrogens (tertiary/aromatic N) is 2. The van der Waals surface area contributed by atoms with Gasteiger partial charge in [0, 0.05) is 10.8 Å². The summed E-state index contributed by atoms with van der Waals surface area (Å²) in [5, 5.41) is 4.92. The van der Waals surface area contributed by atoms with E-state index in [0.717, 1.165) is 22.9 Å². The van der Waals surface area contributed by atoms with E-state index < -0.39 is 11.7 Å². The highest BCUT2D eigenvalue weighted by atomic mass is 19.4. The molecular weight excluding hydrogens is 343 g/mol. The van der Waals surface area contributed by atoms with Gasteiger partial charge < -0.3 is 0 Å². The first-order valence-electron chi connectivity index (χ1n) is 8.13. The summed E-state index contributed by atoms with van der Waals surface area (Å²) in [6.45, 7) is 2.53. The molecule has 0 saturated carbocycles. The van der Waals surface area contributed by atoms with Crippen molar-refractivity contribution >= 4 is 21.8 Å². The Morgan fingerprint density at radius 2 is 1.77 bits per heavy atom. The van der Waals surface area contributed by atoms with Gasteiger partial charge in [0.1, 0.15) is 12.1 Å². The second-order valence-electron chi connectivity index (χ2n) is 6.02. The van der Waals surface area contributed by atoms with Crippen LogP contribution < -0.4 is 10.1 Å². The van der Waals surface area contributed by atoms with E-state index in [0.29, 0.717) is 23.3 Å². The first kappa shape index (κ1) is 16.4. The highest BCUT2D eigenvalue weighted by Crippen LogP contribution is 2.29. The Kier molecular flexibility index (Phi) is 3.61. The molecule has 2 heterocycles. The minimum absolute atomic E-state index is 0.299. The summed E-state index contributed by atoms with van der Waals surface area (Å²) in [6, 6.07) is 12.2. The number of aryl methyl sites for hydroxylation is 1. The van der Waals surface area contributed by atoms with Crippen molar-refractivity contribution in [3.63, 3.8) is 0 Å². The lowest BCUT2D eigenvalue weighted by molar-refractivity contribution is -0.667. The van der Waals surface area contributed by atoms with Gasteiger partial charge in [0.2, 0.25) is 0 Å². The first-order valence-corrected chi connectivity index (χ1v) is 8.13. The highest BCUT2D eigenvalue weighted by molar-refractivity contribution is 6.01. The second-order valence-corrected chi connectivity index (χ2v) is 6.02. The molecule has 4 aromatic rings. The number of H-pyrrole nitrogens is 1. The molecular formula is C19H15F3N3O+. The van der Waals surface area contributed by atoms with E-state index in [2.05, 4.69) is 5.10 Å². The van der Waals surface area contributed by atoms with E-state index in [1.54, 1.807) is 0 Å². The van der Waals surface area contributed by atoms with Crippen LogP contribution in [0.25, 0.3) is 27.5 Å². The fourth-order valence-electron chi connectivity index (χ4n) is 3.18. The number of hydrogen-bond acceptors (Lipinski definition) is 1. The van der Waals surface area contributed by atoms with Crippen LogP contribution in [0.3, 0.4) is 0 Å². The Bertz CT molecular complexity index is 1170. The van der Waals surface area contributed by atoms with Crippen molar-refractivity contribution in [2.24, 2.45) is 0 Å². The Balaban J connectivity index is 1.99. The predicted octanol–water partition coefficient (Wildman–Crippen LogP) is 3.80. The molecule has 0 aliphatic carbocycles. The van der Waals surface area contributed by atoms with Crippen molar-refractivity contribution in [1.82, 2.24) is 9.78 Å². The summed E-state index contributed by atoms with van der Waals surface area (Å²) in [5.74, 6) is 0. The number of hydrogen-bond donors (Lipinski definition) is 1. The zero-order valence-electron chi connectivity index (χ0n) is 13.8. The van der Waals surface area contributed by atoms with Gasteiger partial charge in [0.25, 0.3) is 5.52 Å². The van der Waals surface area contributed by atoms with Gasteiger partial charge in [-0.3, -0.25) is 9.89 Å². The maximum atomic E-state index is 12.9. The van der Waals surface area contributed by atoms with Crippen molar-refractivity contribution in [2.75, 3.05) is 0 Å². The van der Waals surface area contributed by atoms with Crippen LogP contribution in [-0.2, 0) is 12.7 Å². The Hall–Kier alpha value is -3.09. The zero-order chi connectivity index (χ0) is 18.5. The van der Waals surface area contributed by atoms with Gasteiger partial charge in [0.05, 0.1) is 11.3 Å². The summed E-state index contributed by atoms with van der Waals surface area (Å²) in [4.78, 5) is 12.9. The Labute approximate surface area is 146 Å². The van der Waals surface area contributed by atoms with Crippen LogP contribution in [-0.4, -0.2) is 9.78 Å². The third kappa shape index (κ3) is 2.47. The predicted molar refractivity (Wildman–Crippen MR) is 92.3 cm³/mol. The van der Waals surface area contributed by atoms with Crippen molar-refractivity contribution in [3.8, 4) is 5.69 Å². The van der Waals surface area contributed by atoms with Gasteiger partial charge in [0.15, 0.2) is 6.20 Å². The van der Waals surface area contributed by atoms with Gasteiger partial charge in [-0.25, -0.2) is 4.68 Å². The van der Waals surface area contributed by atoms with E-state index in [9.17, 15) is 18.0 Å². The maximum Gasteiger partial charge on any atom is 0.416 e. The molecule has 0 spiro atoms. The molecule has 0 fully saturated rings. The van der Waals surface area contributed by atoms with Gasteiger partial charge >= 0.3 is 11.7 Å². The van der Waals surface area contributed by atoms with Crippen LogP contribution in [0.15, 0.2) is 59.5 Å². The molecule has 26 heavy (non-hydrogen) atoms. The first-order chi connectivity index (χ1) is 12.4. The fourth-order valence-corrected chi connectivity index (χ4v) is 3.18. The molecule has 0 saturated heterocycles. The molecule has 0 unspecified atom stereocenters. The number of benzene rings is 2. The summed E-state index contributed by atoms with van der Waals surface area (Å²) < 4.78 is 41.4. The van der Waals surface area contributed by atoms with Crippen molar-refractivity contribution in [2.45, 2.75) is 19.6 Å². The van der Waals surface area contributed by atoms with Crippen LogP contribution in [0, 0.1) is 0 Å². The van der Waals surface area contributed by atoms with Crippen LogP contribution in [0.2, 0.25) is 0 Å². The maximum absolute atomic E-state index is 12.9. The molecule has 0 aliphatic heterocycles. The summed E-state index contributed by atoms with van der Waals surface area (Å²) >= 11 is 0. The zero-order valence-corrected chi connectivity index (χ0v) is 13.8. The summed E-state index contributed by atoms with van der Waals surface area (Å²) in [7, 11) is 0. The Morgan fingerprint density at radius 1 is 1.08 bits per heavy atom. The van der Waals surface area contributed by atoms with Crippen molar-refractivity contribution < 1.29 is 17.7 Å². The number of halogens is 3. The summed E-state index contributed by atoms with van der Waals surface area (Å²) in [5.41, 5.74) is 0.457. The molecule has 1 N–H and O–H groups in total. The molecule has 0 aliphatic rings. The lowest BCUT2D eigenvalue weighted by Gasteiger charge is -2.07. The SMILES string of the molecule is CC[n+]1cc2ccccc2c2[nH]n(-c3ccc(C(F)(F)F)cc3)c(=O)c21. The van der Waals surface area contributed by atoms with E-state index in [4.69, 9.17) is 0 Å². The lowest BCUT2D eigenvalue weighted by Crippen LogP contribution is -2.36. The van der Waals surface area contributed by atoms with E-state index in [1.807, 2.05) is 42.0 Å². The number of rotatable bonds is 2. The minimum Gasteiger partial charge on any atom is -0.284 e. The normalized spacial score (nSPS) is 12.2. The van der Waals surface area contributed by atoms with Crippen LogP contribution >= 0.6 is 0 Å². The molecule has 2 aromatic carbocycles. The smallest absolute Gasteiger partial charge is 0.284 e. The van der Waals surface area contributed by atoms with Gasteiger partial charge in [-0.15, -0.1) is 0 Å². The number of aromatic nitrogens is 3. The number of pyridine rings is 1. The lowest BCUT2D eigenvalue weighted by atomic mass is 10.1. The van der Waals surface area contributed by atoms with Gasteiger partial charge in [-0.05, 0) is 37.3 Å². The Morgan fingerprint density at radius 3 is 2.42 bits per heavy atom. The molecule has 132 valence electrons. The van der Waals surface area contributed by atoms with Crippen molar-refractivity contribution in [3.05, 3.63) is 70.6 Å². The second kappa shape index (κ2) is 5.72. The van der Waals surface area contributed by atoms with Gasteiger partial charge in [-0.2, -0.15) is 17.7 Å². The third-order valence-corrected chi connectivity index (χ3v) is 4.47. The topological polar surface area (TPSA) is 41.7 Å². The van der Waals surface area contributed by atoms with Crippen molar-refractivity contribution in [1.29, 1.82) is 0 Å². The van der Waals surface area contributed by atoms with Gasteiger partial charge in [-0.1, -0.05) is 18.2 Å². The monoisotopic (exact) mass is 358 g/mol. The molecule has 4 rings (SSSR count). The summed E-state index contributed by atoms with van der Waals surface area (Å²) in [6.07, 6.45) is -2.50. The molecule has 7 heteroatoms. The number of nitrogens with one attached hydrogen (secondary N) is 1. The largest absolute Gasteiger partial charge is 0.416 e. The molecule has 2 aromatic heterocycles. The van der Waals surface area contributed by atoms with Crippen LogP contribution in [0.5, 0.6) is 0 Å². The molecule has 0 bridgehead atoms. The highest BCUT2D eigenvalue weighted by Gasteiger charge is 2.30. The minimum atomic E-state index is -4.41. The molecule has 4 nitrogen and oxygen atoms in total. The van der Waals surface area contributed by atoms with E-state index >= 15 is 0 Å². The third-order valence-electron chi connectivity index (χ3n) is 4.47. The van der Waals surface area contributed by atoms with Crippen LogP contribution in [0.4, 0.5) is 13.2 Å². The number of alkyl halides is 3. The standard InChI is InChI=1S/C19H14F3N3O/c1-2-24-11-12-5-3-4-6-15(12)16-17(24)18(26)25(23-16)14-9-7-13(8-10-14)19(20,21)22/h3-11H,2H2,1H3/p+1. The fraction of sp³-hybridized carbons (Fsp3) is 0.158.